The minimum absolute atomic E-state index is 1.10. The Hall–Kier alpha value is -0.960. The van der Waals surface area contributed by atoms with Gasteiger partial charge in [0.15, 0.2) is 0 Å². The second kappa shape index (κ2) is 3.63. The van der Waals surface area contributed by atoms with Crippen molar-refractivity contribution >= 4 is 5.69 Å². The SMILES string of the molecule is c1cc(N2CCCNCC2)c[nH]1. The molecule has 0 radical (unpaired) electrons. The standard InChI is InChI=1S/C9H15N3/c1-3-10-5-7-12(6-1)9-2-4-11-8-9/h2,4,8,10-11H,1,3,5-7H2. The maximum absolute atomic E-state index is 3.39. The van der Waals surface area contributed by atoms with Crippen molar-refractivity contribution in [1.82, 2.24) is 10.3 Å². The highest BCUT2D eigenvalue weighted by Gasteiger charge is 2.08. The molecule has 3 heteroatoms. The molecule has 1 aromatic rings. The molecule has 1 aliphatic heterocycles. The van der Waals surface area contributed by atoms with Gasteiger partial charge in [-0.2, -0.15) is 0 Å². The molecule has 66 valence electrons. The molecule has 1 saturated heterocycles. The lowest BCUT2D eigenvalue weighted by Gasteiger charge is -2.19. The van der Waals surface area contributed by atoms with E-state index in [1.165, 1.54) is 18.7 Å². The smallest absolute Gasteiger partial charge is 0.0544 e. The Bertz CT molecular complexity index is 210. The summed E-state index contributed by atoms with van der Waals surface area (Å²) in [5.74, 6) is 0. The number of aromatic amines is 1. The van der Waals surface area contributed by atoms with Gasteiger partial charge in [0.1, 0.15) is 0 Å². The number of hydrogen-bond donors (Lipinski definition) is 2. The van der Waals surface area contributed by atoms with Crippen LogP contribution in [0.15, 0.2) is 18.5 Å². The van der Waals surface area contributed by atoms with Crippen molar-refractivity contribution in [2.24, 2.45) is 0 Å². The van der Waals surface area contributed by atoms with Crippen LogP contribution in [-0.2, 0) is 0 Å². The first-order chi connectivity index (χ1) is 5.97. The molecule has 0 amide bonds. The van der Waals surface area contributed by atoms with Crippen LogP contribution < -0.4 is 10.2 Å². The van der Waals surface area contributed by atoms with Crippen molar-refractivity contribution in [3.8, 4) is 0 Å². The summed E-state index contributed by atoms with van der Waals surface area (Å²) in [4.78, 5) is 5.50. The third-order valence-corrected chi connectivity index (χ3v) is 2.29. The van der Waals surface area contributed by atoms with Gasteiger partial charge in [-0.05, 0) is 19.0 Å². The molecular formula is C9H15N3. The van der Waals surface area contributed by atoms with Crippen molar-refractivity contribution in [2.45, 2.75) is 6.42 Å². The Balaban J connectivity index is 2.02. The van der Waals surface area contributed by atoms with E-state index in [9.17, 15) is 0 Å². The molecule has 2 rings (SSSR count). The Morgan fingerprint density at radius 2 is 2.25 bits per heavy atom. The number of aromatic nitrogens is 1. The fraction of sp³-hybridized carbons (Fsp3) is 0.556. The minimum atomic E-state index is 1.10. The van der Waals surface area contributed by atoms with E-state index >= 15 is 0 Å². The van der Waals surface area contributed by atoms with Crippen LogP contribution in [0.4, 0.5) is 5.69 Å². The maximum atomic E-state index is 3.39. The summed E-state index contributed by atoms with van der Waals surface area (Å²) in [6.45, 7) is 4.55. The van der Waals surface area contributed by atoms with Gasteiger partial charge in [-0.1, -0.05) is 0 Å². The van der Waals surface area contributed by atoms with Crippen molar-refractivity contribution in [2.75, 3.05) is 31.1 Å². The van der Waals surface area contributed by atoms with E-state index in [4.69, 9.17) is 0 Å². The summed E-state index contributed by atoms with van der Waals surface area (Å²) >= 11 is 0. The lowest BCUT2D eigenvalue weighted by atomic mass is 10.3. The van der Waals surface area contributed by atoms with Crippen molar-refractivity contribution in [3.05, 3.63) is 18.5 Å². The van der Waals surface area contributed by atoms with E-state index < -0.39 is 0 Å². The molecule has 3 nitrogen and oxygen atoms in total. The normalized spacial score (nSPS) is 19.2. The van der Waals surface area contributed by atoms with Gasteiger partial charge in [-0.3, -0.25) is 0 Å². The average molecular weight is 165 g/mol. The summed E-state index contributed by atoms with van der Waals surface area (Å²) in [6, 6.07) is 2.13. The lowest BCUT2D eigenvalue weighted by Crippen LogP contribution is -2.27. The molecule has 12 heavy (non-hydrogen) atoms. The van der Waals surface area contributed by atoms with E-state index in [0.29, 0.717) is 0 Å². The number of hydrogen-bond acceptors (Lipinski definition) is 2. The van der Waals surface area contributed by atoms with E-state index in [-0.39, 0.29) is 0 Å². The zero-order valence-corrected chi connectivity index (χ0v) is 7.21. The molecule has 1 aromatic heterocycles. The van der Waals surface area contributed by atoms with Crippen LogP contribution in [0.5, 0.6) is 0 Å². The Morgan fingerprint density at radius 1 is 1.25 bits per heavy atom. The van der Waals surface area contributed by atoms with Gasteiger partial charge in [0.25, 0.3) is 0 Å². The molecule has 0 aromatic carbocycles. The largest absolute Gasteiger partial charge is 0.369 e. The number of nitrogens with zero attached hydrogens (tertiary/aromatic N) is 1. The molecule has 0 bridgehead atoms. The summed E-state index contributed by atoms with van der Waals surface area (Å²) in [7, 11) is 0. The van der Waals surface area contributed by atoms with Crippen molar-refractivity contribution in [3.63, 3.8) is 0 Å². The maximum Gasteiger partial charge on any atom is 0.0544 e. The van der Waals surface area contributed by atoms with E-state index in [2.05, 4.69) is 27.5 Å². The zero-order chi connectivity index (χ0) is 8.23. The van der Waals surface area contributed by atoms with E-state index in [1.807, 2.05) is 6.20 Å². The number of anilines is 1. The van der Waals surface area contributed by atoms with Crippen LogP contribution in [0.25, 0.3) is 0 Å². The molecule has 1 aliphatic rings. The van der Waals surface area contributed by atoms with E-state index in [0.717, 1.165) is 19.6 Å². The summed E-state index contributed by atoms with van der Waals surface area (Å²) in [5, 5.41) is 3.39. The summed E-state index contributed by atoms with van der Waals surface area (Å²) in [5.41, 5.74) is 1.32. The minimum Gasteiger partial charge on any atom is -0.369 e. The van der Waals surface area contributed by atoms with Gasteiger partial charge in [0.2, 0.25) is 0 Å². The quantitative estimate of drug-likeness (QED) is 0.645. The molecule has 2 heterocycles. The van der Waals surface area contributed by atoms with Gasteiger partial charge >= 0.3 is 0 Å². The second-order valence-corrected chi connectivity index (χ2v) is 3.16. The molecule has 0 spiro atoms. The first-order valence-corrected chi connectivity index (χ1v) is 4.55. The fourth-order valence-electron chi connectivity index (χ4n) is 1.62. The Kier molecular flexibility index (Phi) is 2.32. The van der Waals surface area contributed by atoms with E-state index in [1.54, 1.807) is 0 Å². The van der Waals surface area contributed by atoms with Crippen LogP contribution in [0.3, 0.4) is 0 Å². The molecule has 1 fully saturated rings. The molecule has 0 aliphatic carbocycles. The van der Waals surface area contributed by atoms with Crippen molar-refractivity contribution < 1.29 is 0 Å². The van der Waals surface area contributed by atoms with Gasteiger partial charge in [0, 0.05) is 32.0 Å². The fourth-order valence-corrected chi connectivity index (χ4v) is 1.62. The monoisotopic (exact) mass is 165 g/mol. The highest BCUT2D eigenvalue weighted by Crippen LogP contribution is 2.12. The van der Waals surface area contributed by atoms with Gasteiger partial charge < -0.3 is 15.2 Å². The number of nitrogens with one attached hydrogen (secondary N) is 2. The predicted octanol–water partition coefficient (Wildman–Crippen LogP) is 0.814. The Morgan fingerprint density at radius 3 is 3.08 bits per heavy atom. The Labute approximate surface area is 72.8 Å². The molecule has 2 N–H and O–H groups in total. The van der Waals surface area contributed by atoms with Crippen LogP contribution in [0.1, 0.15) is 6.42 Å². The van der Waals surface area contributed by atoms with Crippen LogP contribution in [-0.4, -0.2) is 31.2 Å². The highest BCUT2D eigenvalue weighted by atomic mass is 15.2. The highest BCUT2D eigenvalue weighted by molar-refractivity contribution is 5.44. The number of rotatable bonds is 1. The van der Waals surface area contributed by atoms with Crippen LogP contribution in [0.2, 0.25) is 0 Å². The first kappa shape index (κ1) is 7.68. The molecule has 0 atom stereocenters. The predicted molar refractivity (Wildman–Crippen MR) is 50.5 cm³/mol. The third kappa shape index (κ3) is 1.61. The van der Waals surface area contributed by atoms with Crippen molar-refractivity contribution in [1.29, 1.82) is 0 Å². The van der Waals surface area contributed by atoms with Gasteiger partial charge in [0.05, 0.1) is 5.69 Å². The number of H-pyrrole nitrogens is 1. The lowest BCUT2D eigenvalue weighted by molar-refractivity contribution is 0.724. The van der Waals surface area contributed by atoms with Gasteiger partial charge in [-0.25, -0.2) is 0 Å². The van der Waals surface area contributed by atoms with Crippen LogP contribution >= 0.6 is 0 Å². The second-order valence-electron chi connectivity index (χ2n) is 3.16. The average Bonchev–Trinajstić information content (AvgIpc) is 2.48. The molecule has 0 unspecified atom stereocenters. The third-order valence-electron chi connectivity index (χ3n) is 2.29. The van der Waals surface area contributed by atoms with Gasteiger partial charge in [-0.15, -0.1) is 0 Å². The first-order valence-electron chi connectivity index (χ1n) is 4.55. The zero-order valence-electron chi connectivity index (χ0n) is 7.21. The topological polar surface area (TPSA) is 31.1 Å². The molecular weight excluding hydrogens is 150 g/mol. The molecule has 0 saturated carbocycles. The summed E-state index contributed by atoms with van der Waals surface area (Å²) in [6.07, 6.45) is 5.28. The van der Waals surface area contributed by atoms with Crippen LogP contribution in [0, 0.1) is 0 Å². The summed E-state index contributed by atoms with van der Waals surface area (Å²) < 4.78 is 0.